The zero-order valence-corrected chi connectivity index (χ0v) is 16.0. The number of carbonyl (C=O) groups excluding carboxylic acids is 1. The van der Waals surface area contributed by atoms with Gasteiger partial charge in [-0.05, 0) is 46.2 Å². The van der Waals surface area contributed by atoms with Gasteiger partial charge < -0.3 is 5.32 Å². The first-order chi connectivity index (χ1) is 12.1. The lowest BCUT2D eigenvalue weighted by atomic mass is 10.0. The molecule has 0 aliphatic rings. The molecule has 128 valence electrons. The third-order valence-electron chi connectivity index (χ3n) is 3.51. The molecule has 25 heavy (non-hydrogen) atoms. The zero-order valence-electron chi connectivity index (χ0n) is 12.8. The molecule has 0 bridgehead atoms. The third kappa shape index (κ3) is 4.10. The average molecular weight is 410 g/mol. The van der Waals surface area contributed by atoms with Gasteiger partial charge in [0.2, 0.25) is 0 Å². The second-order valence-corrected chi connectivity index (χ2v) is 7.08. The molecular weight excluding hydrogens is 397 g/mol. The number of hydrogen-bond donors (Lipinski definition) is 2. The Morgan fingerprint density at radius 3 is 2.72 bits per heavy atom. The molecule has 0 aliphatic heterocycles. The van der Waals surface area contributed by atoms with E-state index in [2.05, 4.69) is 23.1 Å². The highest BCUT2D eigenvalue weighted by atomic mass is 35.5. The van der Waals surface area contributed by atoms with Gasteiger partial charge in [-0.1, -0.05) is 48.1 Å². The van der Waals surface area contributed by atoms with Crippen LogP contribution in [0.2, 0.25) is 10.0 Å². The molecule has 4 nitrogen and oxygen atoms in total. The first kappa shape index (κ1) is 18.1. The van der Waals surface area contributed by atoms with Crippen LogP contribution in [-0.2, 0) is 0 Å². The van der Waals surface area contributed by atoms with E-state index in [1.54, 1.807) is 41.9 Å². The number of urea groups is 1. The Morgan fingerprint density at radius 1 is 1.20 bits per heavy atom. The lowest BCUT2D eigenvalue weighted by molar-refractivity contribution is 0.248. The Morgan fingerprint density at radius 2 is 2.04 bits per heavy atom. The summed E-state index contributed by atoms with van der Waals surface area (Å²) >= 11 is 18.0. The first-order valence-corrected chi connectivity index (χ1v) is 9.33. The van der Waals surface area contributed by atoms with Gasteiger partial charge >= 0.3 is 6.03 Å². The summed E-state index contributed by atoms with van der Waals surface area (Å²) in [5.41, 5.74) is 2.24. The van der Waals surface area contributed by atoms with Gasteiger partial charge in [-0.2, -0.15) is 11.3 Å². The minimum absolute atomic E-state index is 0.266. The molecule has 2 aromatic heterocycles. The first-order valence-electron chi connectivity index (χ1n) is 7.23. The highest BCUT2D eigenvalue weighted by Crippen LogP contribution is 2.34. The summed E-state index contributed by atoms with van der Waals surface area (Å²) in [6.07, 6.45) is 3.41. The van der Waals surface area contributed by atoms with E-state index < -0.39 is 6.03 Å². The van der Waals surface area contributed by atoms with Crippen molar-refractivity contribution in [3.8, 4) is 0 Å². The monoisotopic (exact) mass is 409 g/mol. The van der Waals surface area contributed by atoms with E-state index >= 15 is 0 Å². The van der Waals surface area contributed by atoms with Crippen LogP contribution in [0.4, 0.5) is 10.5 Å². The van der Waals surface area contributed by atoms with Crippen molar-refractivity contribution in [2.24, 2.45) is 0 Å². The summed E-state index contributed by atoms with van der Waals surface area (Å²) in [5, 5.41) is 7.51. The summed E-state index contributed by atoms with van der Waals surface area (Å²) in [7, 11) is 0. The average Bonchev–Trinajstić information content (AvgIpc) is 3.16. The molecule has 0 fully saturated rings. The highest BCUT2D eigenvalue weighted by Gasteiger charge is 2.22. The van der Waals surface area contributed by atoms with Crippen LogP contribution >= 0.6 is 47.4 Å². The summed E-state index contributed by atoms with van der Waals surface area (Å²) in [6.45, 7) is 0. The van der Waals surface area contributed by atoms with Crippen molar-refractivity contribution in [2.75, 3.05) is 4.31 Å². The van der Waals surface area contributed by atoms with Crippen molar-refractivity contribution < 1.29 is 4.79 Å². The van der Waals surface area contributed by atoms with Crippen molar-refractivity contribution in [3.63, 3.8) is 0 Å². The predicted octanol–water partition coefficient (Wildman–Crippen LogP) is 5.60. The smallest absolute Gasteiger partial charge is 0.326 e. The normalized spacial score (nSPS) is 11.8. The molecule has 1 N–H and O–H groups in total. The van der Waals surface area contributed by atoms with Gasteiger partial charge in [-0.25, -0.2) is 9.10 Å². The number of rotatable bonds is 4. The Balaban J connectivity index is 1.87. The molecule has 2 amide bonds. The summed E-state index contributed by atoms with van der Waals surface area (Å²) < 4.78 is 1.14. The number of pyridine rings is 1. The van der Waals surface area contributed by atoms with Gasteiger partial charge in [-0.3, -0.25) is 4.98 Å². The van der Waals surface area contributed by atoms with Crippen LogP contribution in [0.25, 0.3) is 0 Å². The van der Waals surface area contributed by atoms with Crippen molar-refractivity contribution in [3.05, 3.63) is 80.7 Å². The quantitative estimate of drug-likeness (QED) is 0.550. The number of benzene rings is 1. The number of halogens is 2. The fourth-order valence-electron chi connectivity index (χ4n) is 2.30. The molecule has 0 radical (unpaired) electrons. The molecule has 1 unspecified atom stereocenters. The van der Waals surface area contributed by atoms with E-state index in [0.29, 0.717) is 10.7 Å². The van der Waals surface area contributed by atoms with Crippen LogP contribution in [-0.4, -0.2) is 11.0 Å². The van der Waals surface area contributed by atoms with Gasteiger partial charge in [0.05, 0.1) is 21.8 Å². The van der Waals surface area contributed by atoms with E-state index in [-0.39, 0.29) is 11.1 Å². The molecule has 0 saturated carbocycles. The molecule has 2 heterocycles. The minimum Gasteiger partial charge on any atom is -0.326 e. The summed E-state index contributed by atoms with van der Waals surface area (Å²) in [4.78, 5) is 16.8. The zero-order chi connectivity index (χ0) is 17.8. The Hall–Kier alpha value is -1.73. The van der Waals surface area contributed by atoms with Crippen LogP contribution in [0.5, 0.6) is 0 Å². The summed E-state index contributed by atoms with van der Waals surface area (Å²) in [6, 6.07) is 9.95. The standard InChI is InChI=1S/C17H13Cl2N3OS2/c18-13-4-1-5-14(15(13)19)22(24)17(23)21-16(12-6-8-25-10-12)11-3-2-7-20-9-11/h1-10,16,24H,(H,21,23). The van der Waals surface area contributed by atoms with E-state index in [4.69, 9.17) is 23.2 Å². The van der Waals surface area contributed by atoms with Crippen LogP contribution in [0.15, 0.2) is 59.6 Å². The molecule has 3 aromatic rings. The lowest BCUT2D eigenvalue weighted by Crippen LogP contribution is -2.37. The number of thiophene rings is 1. The number of anilines is 1. The number of thiol groups is 1. The van der Waals surface area contributed by atoms with Crippen LogP contribution in [0, 0.1) is 0 Å². The van der Waals surface area contributed by atoms with Gasteiger partial charge in [0.15, 0.2) is 0 Å². The molecule has 0 spiro atoms. The van der Waals surface area contributed by atoms with Crippen molar-refractivity contribution in [2.45, 2.75) is 6.04 Å². The van der Waals surface area contributed by atoms with Crippen molar-refractivity contribution in [1.29, 1.82) is 0 Å². The number of carbonyl (C=O) groups is 1. The van der Waals surface area contributed by atoms with E-state index in [1.165, 1.54) is 0 Å². The number of nitrogens with zero attached hydrogens (tertiary/aromatic N) is 2. The van der Waals surface area contributed by atoms with Gasteiger partial charge in [-0.15, -0.1) is 0 Å². The largest absolute Gasteiger partial charge is 0.332 e. The Kier molecular flexibility index (Phi) is 5.86. The maximum atomic E-state index is 12.7. The fourth-order valence-corrected chi connectivity index (χ4v) is 3.64. The van der Waals surface area contributed by atoms with Crippen LogP contribution in [0.3, 0.4) is 0 Å². The SMILES string of the molecule is O=C(NC(c1cccnc1)c1ccsc1)N(S)c1cccc(Cl)c1Cl. The number of amides is 2. The lowest BCUT2D eigenvalue weighted by Gasteiger charge is -2.23. The Bertz CT molecular complexity index is 860. The van der Waals surface area contributed by atoms with E-state index in [9.17, 15) is 4.79 Å². The second kappa shape index (κ2) is 8.10. The molecule has 1 aromatic carbocycles. The van der Waals surface area contributed by atoms with Gasteiger partial charge in [0, 0.05) is 12.4 Å². The molecular formula is C17H13Cl2N3OS2. The highest BCUT2D eigenvalue weighted by molar-refractivity contribution is 7.82. The number of nitrogens with one attached hydrogen (secondary N) is 1. The fraction of sp³-hybridized carbons (Fsp3) is 0.0588. The van der Waals surface area contributed by atoms with E-state index in [0.717, 1.165) is 15.4 Å². The number of aromatic nitrogens is 1. The van der Waals surface area contributed by atoms with Crippen molar-refractivity contribution >= 4 is 59.1 Å². The van der Waals surface area contributed by atoms with Crippen LogP contribution in [0.1, 0.15) is 17.2 Å². The Labute approximate surface area is 165 Å². The maximum absolute atomic E-state index is 12.7. The van der Waals surface area contributed by atoms with Gasteiger partial charge in [0.1, 0.15) is 0 Å². The predicted molar refractivity (Wildman–Crippen MR) is 107 cm³/mol. The van der Waals surface area contributed by atoms with Crippen LogP contribution < -0.4 is 9.62 Å². The molecule has 1 atom stereocenters. The third-order valence-corrected chi connectivity index (χ3v) is 5.42. The topological polar surface area (TPSA) is 45.2 Å². The van der Waals surface area contributed by atoms with Gasteiger partial charge in [0.25, 0.3) is 0 Å². The molecule has 0 saturated heterocycles. The molecule has 8 heteroatoms. The maximum Gasteiger partial charge on any atom is 0.332 e. The minimum atomic E-state index is -0.424. The van der Waals surface area contributed by atoms with Crippen molar-refractivity contribution in [1.82, 2.24) is 10.3 Å². The number of hydrogen-bond acceptors (Lipinski definition) is 4. The van der Waals surface area contributed by atoms with E-state index in [1.807, 2.05) is 29.0 Å². The second-order valence-electron chi connectivity index (χ2n) is 5.11. The molecule has 0 aliphatic carbocycles. The summed E-state index contributed by atoms with van der Waals surface area (Å²) in [5.74, 6) is 0. The molecule has 3 rings (SSSR count).